The normalized spacial score (nSPS) is 29.3. The van der Waals surface area contributed by atoms with Gasteiger partial charge in [0.15, 0.2) is 0 Å². The van der Waals surface area contributed by atoms with E-state index in [2.05, 4.69) is 0 Å². The predicted molar refractivity (Wildman–Crippen MR) is 63.7 cm³/mol. The van der Waals surface area contributed by atoms with Crippen molar-refractivity contribution < 1.29 is 9.84 Å². The zero-order valence-electron chi connectivity index (χ0n) is 8.97. The molecular formula is C12H16ClNO2. The number of aliphatic hydroxyl groups excluding tert-OH is 1. The average molecular weight is 242 g/mol. The van der Waals surface area contributed by atoms with E-state index in [1.54, 1.807) is 12.1 Å². The third-order valence-electron chi connectivity index (χ3n) is 3.09. The SMILES string of the molecule is NC[C@H]1CC[C@@H](Oc2ccc(Cl)cc2)[C@@H]1O. The van der Waals surface area contributed by atoms with Crippen LogP contribution in [-0.2, 0) is 0 Å². The van der Waals surface area contributed by atoms with Crippen LogP contribution in [0, 0.1) is 5.92 Å². The van der Waals surface area contributed by atoms with Crippen molar-refractivity contribution in [1.29, 1.82) is 0 Å². The van der Waals surface area contributed by atoms with Gasteiger partial charge in [-0.1, -0.05) is 11.6 Å². The lowest BCUT2D eigenvalue weighted by Crippen LogP contribution is -2.33. The molecular weight excluding hydrogens is 226 g/mol. The van der Waals surface area contributed by atoms with Crippen molar-refractivity contribution >= 4 is 11.6 Å². The molecule has 1 aliphatic rings. The Bertz CT molecular complexity index is 341. The Morgan fingerprint density at radius 1 is 1.31 bits per heavy atom. The van der Waals surface area contributed by atoms with E-state index in [-0.39, 0.29) is 12.0 Å². The number of benzene rings is 1. The van der Waals surface area contributed by atoms with Crippen LogP contribution in [-0.4, -0.2) is 23.9 Å². The maximum absolute atomic E-state index is 9.93. The first-order valence-corrected chi connectivity index (χ1v) is 5.89. The average Bonchev–Trinajstić information content (AvgIpc) is 2.63. The second kappa shape index (κ2) is 5.04. The molecule has 1 aliphatic carbocycles. The van der Waals surface area contributed by atoms with Gasteiger partial charge < -0.3 is 15.6 Å². The fourth-order valence-electron chi connectivity index (χ4n) is 2.10. The van der Waals surface area contributed by atoms with Gasteiger partial charge in [0.25, 0.3) is 0 Å². The zero-order valence-corrected chi connectivity index (χ0v) is 9.73. The molecule has 0 amide bonds. The summed E-state index contributed by atoms with van der Waals surface area (Å²) in [6.45, 7) is 0.516. The Kier molecular flexibility index (Phi) is 3.69. The smallest absolute Gasteiger partial charge is 0.125 e. The van der Waals surface area contributed by atoms with Crippen LogP contribution in [0.15, 0.2) is 24.3 Å². The zero-order chi connectivity index (χ0) is 11.5. The molecule has 3 atom stereocenters. The number of hydrogen-bond acceptors (Lipinski definition) is 3. The van der Waals surface area contributed by atoms with Crippen LogP contribution in [0.3, 0.4) is 0 Å². The molecule has 1 aromatic rings. The maximum Gasteiger partial charge on any atom is 0.125 e. The Hall–Kier alpha value is -0.770. The summed E-state index contributed by atoms with van der Waals surface area (Å²) >= 11 is 5.78. The highest BCUT2D eigenvalue weighted by molar-refractivity contribution is 6.30. The van der Waals surface area contributed by atoms with E-state index in [9.17, 15) is 5.11 Å². The van der Waals surface area contributed by atoms with Gasteiger partial charge in [0.2, 0.25) is 0 Å². The molecule has 0 saturated heterocycles. The molecule has 1 aromatic carbocycles. The minimum Gasteiger partial charge on any atom is -0.488 e. The van der Waals surface area contributed by atoms with Gasteiger partial charge in [-0.15, -0.1) is 0 Å². The monoisotopic (exact) mass is 241 g/mol. The summed E-state index contributed by atoms with van der Waals surface area (Å²) in [6, 6.07) is 7.17. The molecule has 0 unspecified atom stereocenters. The molecule has 1 fully saturated rings. The van der Waals surface area contributed by atoms with E-state index >= 15 is 0 Å². The van der Waals surface area contributed by atoms with Crippen molar-refractivity contribution in [2.24, 2.45) is 11.7 Å². The molecule has 0 aliphatic heterocycles. The third kappa shape index (κ3) is 2.48. The first kappa shape index (κ1) is 11.7. The first-order valence-electron chi connectivity index (χ1n) is 5.51. The van der Waals surface area contributed by atoms with Gasteiger partial charge in [0, 0.05) is 10.9 Å². The Morgan fingerprint density at radius 2 is 2.00 bits per heavy atom. The van der Waals surface area contributed by atoms with E-state index in [1.165, 1.54) is 0 Å². The fourth-order valence-corrected chi connectivity index (χ4v) is 2.22. The molecule has 0 bridgehead atoms. The fraction of sp³-hybridized carbons (Fsp3) is 0.500. The molecule has 3 N–H and O–H groups in total. The number of aliphatic hydroxyl groups is 1. The largest absolute Gasteiger partial charge is 0.488 e. The van der Waals surface area contributed by atoms with E-state index in [1.807, 2.05) is 12.1 Å². The lowest BCUT2D eigenvalue weighted by Gasteiger charge is -2.20. The maximum atomic E-state index is 9.93. The van der Waals surface area contributed by atoms with Crippen LogP contribution in [0.25, 0.3) is 0 Å². The molecule has 4 heteroatoms. The predicted octanol–water partition coefficient (Wildman–Crippen LogP) is 1.82. The van der Waals surface area contributed by atoms with E-state index in [0.717, 1.165) is 18.6 Å². The summed E-state index contributed by atoms with van der Waals surface area (Å²) in [6.07, 6.45) is 1.18. The van der Waals surface area contributed by atoms with Crippen LogP contribution in [0.4, 0.5) is 0 Å². The Morgan fingerprint density at radius 3 is 2.56 bits per heavy atom. The van der Waals surface area contributed by atoms with Crippen molar-refractivity contribution in [3.63, 3.8) is 0 Å². The summed E-state index contributed by atoms with van der Waals surface area (Å²) in [5, 5.41) is 10.6. The molecule has 0 radical (unpaired) electrons. The Balaban J connectivity index is 1.98. The first-order chi connectivity index (χ1) is 7.70. The number of rotatable bonds is 3. The van der Waals surface area contributed by atoms with E-state index in [4.69, 9.17) is 22.1 Å². The van der Waals surface area contributed by atoms with Gasteiger partial charge in [0.05, 0.1) is 6.10 Å². The minimum atomic E-state index is -0.458. The molecule has 0 aromatic heterocycles. The van der Waals surface area contributed by atoms with Crippen molar-refractivity contribution in [2.45, 2.75) is 25.0 Å². The summed E-state index contributed by atoms with van der Waals surface area (Å²) in [4.78, 5) is 0. The molecule has 0 spiro atoms. The minimum absolute atomic E-state index is 0.144. The number of hydrogen-bond donors (Lipinski definition) is 2. The molecule has 2 rings (SSSR count). The van der Waals surface area contributed by atoms with E-state index < -0.39 is 6.10 Å². The number of ether oxygens (including phenoxy) is 1. The molecule has 1 saturated carbocycles. The summed E-state index contributed by atoms with van der Waals surface area (Å²) < 4.78 is 5.71. The number of halogens is 1. The third-order valence-corrected chi connectivity index (χ3v) is 3.34. The van der Waals surface area contributed by atoms with Crippen LogP contribution in [0.1, 0.15) is 12.8 Å². The van der Waals surface area contributed by atoms with E-state index in [0.29, 0.717) is 11.6 Å². The molecule has 3 nitrogen and oxygen atoms in total. The highest BCUT2D eigenvalue weighted by atomic mass is 35.5. The lowest BCUT2D eigenvalue weighted by molar-refractivity contribution is 0.0370. The van der Waals surface area contributed by atoms with Crippen LogP contribution < -0.4 is 10.5 Å². The van der Waals surface area contributed by atoms with Crippen molar-refractivity contribution in [3.05, 3.63) is 29.3 Å². The molecule has 16 heavy (non-hydrogen) atoms. The van der Waals surface area contributed by atoms with Crippen LogP contribution in [0.2, 0.25) is 5.02 Å². The highest BCUT2D eigenvalue weighted by Gasteiger charge is 2.35. The standard InChI is InChI=1S/C12H16ClNO2/c13-9-2-4-10(5-3-9)16-11-6-1-8(7-14)12(11)15/h2-5,8,11-12,15H,1,6-7,14H2/t8-,11-,12-/m1/s1. The van der Waals surface area contributed by atoms with Crippen molar-refractivity contribution in [3.8, 4) is 5.75 Å². The summed E-state index contributed by atoms with van der Waals surface area (Å²) in [5.41, 5.74) is 5.57. The van der Waals surface area contributed by atoms with Gasteiger partial charge in [-0.2, -0.15) is 0 Å². The van der Waals surface area contributed by atoms with Crippen LogP contribution in [0.5, 0.6) is 5.75 Å². The van der Waals surface area contributed by atoms with Gasteiger partial charge >= 0.3 is 0 Å². The highest BCUT2D eigenvalue weighted by Crippen LogP contribution is 2.29. The van der Waals surface area contributed by atoms with Crippen molar-refractivity contribution in [2.75, 3.05) is 6.54 Å². The number of nitrogens with two attached hydrogens (primary N) is 1. The molecule has 88 valence electrons. The van der Waals surface area contributed by atoms with Crippen LogP contribution >= 0.6 is 11.6 Å². The summed E-state index contributed by atoms with van der Waals surface area (Å²) in [7, 11) is 0. The van der Waals surface area contributed by atoms with Crippen molar-refractivity contribution in [1.82, 2.24) is 0 Å². The topological polar surface area (TPSA) is 55.5 Å². The van der Waals surface area contributed by atoms with Gasteiger partial charge in [0.1, 0.15) is 11.9 Å². The van der Waals surface area contributed by atoms with Gasteiger partial charge in [-0.25, -0.2) is 0 Å². The second-order valence-corrected chi connectivity index (χ2v) is 4.61. The molecule has 0 heterocycles. The van der Waals surface area contributed by atoms with Gasteiger partial charge in [-0.05, 0) is 43.7 Å². The Labute approximate surface area is 100 Å². The van der Waals surface area contributed by atoms with Gasteiger partial charge in [-0.3, -0.25) is 0 Å². The lowest BCUT2D eigenvalue weighted by atomic mass is 10.1. The summed E-state index contributed by atoms with van der Waals surface area (Å²) in [5.74, 6) is 0.906. The quantitative estimate of drug-likeness (QED) is 0.849. The second-order valence-electron chi connectivity index (χ2n) is 4.17.